The highest BCUT2D eigenvalue weighted by atomic mass is 35.5. The highest BCUT2D eigenvalue weighted by molar-refractivity contribution is 7.91. The Bertz CT molecular complexity index is 1340. The van der Waals surface area contributed by atoms with E-state index >= 15 is 0 Å². The average molecular weight is 410 g/mol. The standard InChI is InChI=1S/C22H16ClNO3S/c1-14-6-12-17(13-7-14)28(26,27)22-20(15-8-10-16(23)11-9-15)24-19-5-3-2-4-18(19)21(22)25/h2-13H,1H3,(H,24,25). The van der Waals surface area contributed by atoms with Crippen LogP contribution in [-0.2, 0) is 9.84 Å². The summed E-state index contributed by atoms with van der Waals surface area (Å²) in [6, 6.07) is 20.0. The maximum atomic E-state index is 13.4. The van der Waals surface area contributed by atoms with Gasteiger partial charge < -0.3 is 4.98 Å². The first-order valence-electron chi connectivity index (χ1n) is 8.60. The molecule has 4 aromatic rings. The van der Waals surface area contributed by atoms with Gasteiger partial charge >= 0.3 is 0 Å². The van der Waals surface area contributed by atoms with Crippen molar-refractivity contribution in [1.82, 2.24) is 4.98 Å². The van der Waals surface area contributed by atoms with Crippen molar-refractivity contribution < 1.29 is 8.42 Å². The van der Waals surface area contributed by atoms with Gasteiger partial charge in [-0.1, -0.05) is 53.6 Å². The van der Waals surface area contributed by atoms with Gasteiger partial charge in [0.15, 0.2) is 0 Å². The number of aromatic nitrogens is 1. The third kappa shape index (κ3) is 3.13. The SMILES string of the molecule is Cc1ccc(S(=O)(=O)c2c(-c3ccc(Cl)cc3)[nH]c3ccccc3c2=O)cc1. The number of hydrogen-bond donors (Lipinski definition) is 1. The molecule has 4 rings (SSSR count). The zero-order valence-electron chi connectivity index (χ0n) is 14.9. The van der Waals surface area contributed by atoms with Crippen LogP contribution in [0.4, 0.5) is 0 Å². The summed E-state index contributed by atoms with van der Waals surface area (Å²) >= 11 is 5.98. The molecule has 1 N–H and O–H groups in total. The summed E-state index contributed by atoms with van der Waals surface area (Å²) in [5.74, 6) is 0. The number of sulfone groups is 1. The molecule has 0 saturated carbocycles. The van der Waals surface area contributed by atoms with Crippen molar-refractivity contribution >= 4 is 32.3 Å². The molecule has 0 aliphatic heterocycles. The summed E-state index contributed by atoms with van der Waals surface area (Å²) in [7, 11) is -4.04. The maximum Gasteiger partial charge on any atom is 0.212 e. The number of hydrogen-bond acceptors (Lipinski definition) is 3. The molecule has 3 aromatic carbocycles. The number of halogens is 1. The molecule has 6 heteroatoms. The van der Waals surface area contributed by atoms with Gasteiger partial charge in [-0.3, -0.25) is 4.79 Å². The molecule has 0 aliphatic rings. The van der Waals surface area contributed by atoms with E-state index in [1.54, 1.807) is 60.7 Å². The van der Waals surface area contributed by atoms with Crippen LogP contribution in [0.2, 0.25) is 5.02 Å². The lowest BCUT2D eigenvalue weighted by Gasteiger charge is -2.13. The van der Waals surface area contributed by atoms with Crippen LogP contribution in [0.25, 0.3) is 22.2 Å². The predicted octanol–water partition coefficient (Wildman–Crippen LogP) is 4.99. The Morgan fingerprint density at radius 1 is 0.857 bits per heavy atom. The van der Waals surface area contributed by atoms with Crippen LogP contribution in [0.5, 0.6) is 0 Å². The number of H-pyrrole nitrogens is 1. The molecule has 0 spiro atoms. The number of nitrogens with one attached hydrogen (secondary N) is 1. The predicted molar refractivity (Wildman–Crippen MR) is 112 cm³/mol. The van der Waals surface area contributed by atoms with Crippen molar-refractivity contribution in [3.63, 3.8) is 0 Å². The largest absolute Gasteiger partial charge is 0.353 e. The van der Waals surface area contributed by atoms with Gasteiger partial charge in [-0.2, -0.15) is 0 Å². The van der Waals surface area contributed by atoms with Gasteiger partial charge in [0.05, 0.1) is 10.6 Å². The van der Waals surface area contributed by atoms with Crippen LogP contribution in [0, 0.1) is 6.92 Å². The Morgan fingerprint density at radius 3 is 2.18 bits per heavy atom. The third-order valence-corrected chi connectivity index (χ3v) is 6.67. The number of fused-ring (bicyclic) bond motifs is 1. The molecule has 0 aliphatic carbocycles. The van der Waals surface area contributed by atoms with Crippen LogP contribution in [0.3, 0.4) is 0 Å². The molecule has 0 unspecified atom stereocenters. The van der Waals surface area contributed by atoms with Crippen LogP contribution >= 0.6 is 11.6 Å². The van der Waals surface area contributed by atoms with E-state index in [4.69, 9.17) is 11.6 Å². The quantitative estimate of drug-likeness (QED) is 0.518. The van der Waals surface area contributed by atoms with Gasteiger partial charge in [0, 0.05) is 15.9 Å². The molecule has 0 saturated heterocycles. The second kappa shape index (κ2) is 6.93. The average Bonchev–Trinajstić information content (AvgIpc) is 2.68. The maximum absolute atomic E-state index is 13.4. The molecule has 0 radical (unpaired) electrons. The Morgan fingerprint density at radius 2 is 1.50 bits per heavy atom. The van der Waals surface area contributed by atoms with Gasteiger partial charge in [-0.25, -0.2) is 8.42 Å². The van der Waals surface area contributed by atoms with E-state index in [0.717, 1.165) is 5.56 Å². The highest BCUT2D eigenvalue weighted by Gasteiger charge is 2.27. The van der Waals surface area contributed by atoms with Gasteiger partial charge in [0.25, 0.3) is 0 Å². The fourth-order valence-electron chi connectivity index (χ4n) is 3.13. The lowest BCUT2D eigenvalue weighted by Crippen LogP contribution is -2.18. The van der Waals surface area contributed by atoms with Crippen LogP contribution in [0.1, 0.15) is 5.56 Å². The number of pyridine rings is 1. The molecular weight excluding hydrogens is 394 g/mol. The van der Waals surface area contributed by atoms with Gasteiger partial charge in [-0.05, 0) is 48.9 Å². The third-order valence-electron chi connectivity index (χ3n) is 4.60. The van der Waals surface area contributed by atoms with Crippen molar-refractivity contribution in [2.75, 3.05) is 0 Å². The number of rotatable bonds is 3. The van der Waals surface area contributed by atoms with E-state index in [2.05, 4.69) is 4.98 Å². The molecule has 1 aromatic heterocycles. The lowest BCUT2D eigenvalue weighted by atomic mass is 10.1. The summed E-state index contributed by atoms with van der Waals surface area (Å²) in [4.78, 5) is 16.2. The lowest BCUT2D eigenvalue weighted by molar-refractivity contribution is 0.595. The molecule has 28 heavy (non-hydrogen) atoms. The molecule has 0 amide bonds. The van der Waals surface area contributed by atoms with Crippen LogP contribution in [0.15, 0.2) is 87.4 Å². The van der Waals surface area contributed by atoms with Gasteiger partial charge in [0.2, 0.25) is 15.3 Å². The van der Waals surface area contributed by atoms with Gasteiger partial charge in [0.1, 0.15) is 4.90 Å². The summed E-state index contributed by atoms with van der Waals surface area (Å²) < 4.78 is 26.8. The Labute approximate surface area is 167 Å². The molecule has 1 heterocycles. The van der Waals surface area contributed by atoms with Crippen molar-refractivity contribution in [3.05, 3.63) is 93.6 Å². The minimum atomic E-state index is -4.04. The van der Waals surface area contributed by atoms with Crippen molar-refractivity contribution in [1.29, 1.82) is 0 Å². The van der Waals surface area contributed by atoms with Crippen molar-refractivity contribution in [2.24, 2.45) is 0 Å². The second-order valence-corrected chi connectivity index (χ2v) is 8.85. The van der Waals surface area contributed by atoms with E-state index in [0.29, 0.717) is 21.5 Å². The topological polar surface area (TPSA) is 67.0 Å². The first-order chi connectivity index (χ1) is 13.4. The minimum Gasteiger partial charge on any atom is -0.353 e. The molecule has 0 atom stereocenters. The first kappa shape index (κ1) is 18.5. The van der Waals surface area contributed by atoms with Crippen molar-refractivity contribution in [2.45, 2.75) is 16.7 Å². The summed E-state index contributed by atoms with van der Waals surface area (Å²) in [6.07, 6.45) is 0. The van der Waals surface area contributed by atoms with Gasteiger partial charge in [-0.15, -0.1) is 0 Å². The molecule has 140 valence electrons. The number of aryl methyl sites for hydroxylation is 1. The molecule has 0 fully saturated rings. The first-order valence-corrected chi connectivity index (χ1v) is 10.5. The molecule has 0 bridgehead atoms. The number of aromatic amines is 1. The smallest absolute Gasteiger partial charge is 0.212 e. The van der Waals surface area contributed by atoms with E-state index in [-0.39, 0.29) is 15.5 Å². The van der Waals surface area contributed by atoms with E-state index in [1.165, 1.54) is 12.1 Å². The Balaban J connectivity index is 2.10. The fraction of sp³-hybridized carbons (Fsp3) is 0.0455. The number of benzene rings is 3. The summed E-state index contributed by atoms with van der Waals surface area (Å²) in [5.41, 5.74) is 1.79. The van der Waals surface area contributed by atoms with E-state index in [9.17, 15) is 13.2 Å². The zero-order valence-corrected chi connectivity index (χ0v) is 16.5. The zero-order chi connectivity index (χ0) is 19.9. The number of para-hydroxylation sites is 1. The monoisotopic (exact) mass is 409 g/mol. The van der Waals surface area contributed by atoms with Crippen LogP contribution < -0.4 is 5.43 Å². The van der Waals surface area contributed by atoms with E-state index < -0.39 is 15.3 Å². The summed E-state index contributed by atoms with van der Waals surface area (Å²) in [5, 5.41) is 0.848. The van der Waals surface area contributed by atoms with E-state index in [1.807, 2.05) is 6.92 Å². The molecule has 4 nitrogen and oxygen atoms in total. The van der Waals surface area contributed by atoms with Crippen LogP contribution in [-0.4, -0.2) is 13.4 Å². The fourth-order valence-corrected chi connectivity index (χ4v) is 4.78. The Hall–Kier alpha value is -2.89. The summed E-state index contributed by atoms with van der Waals surface area (Å²) in [6.45, 7) is 1.87. The normalized spacial score (nSPS) is 11.6. The second-order valence-electron chi connectivity index (χ2n) is 6.53. The molecular formula is C22H16ClNO3S. The van der Waals surface area contributed by atoms with Crippen molar-refractivity contribution in [3.8, 4) is 11.3 Å². The Kier molecular flexibility index (Phi) is 4.57. The highest BCUT2D eigenvalue weighted by Crippen LogP contribution is 2.30. The minimum absolute atomic E-state index is 0.0779.